The van der Waals surface area contributed by atoms with Crippen molar-refractivity contribution in [2.45, 2.75) is 57.5 Å². The van der Waals surface area contributed by atoms with Crippen molar-refractivity contribution in [3.8, 4) is 22.4 Å². The molecule has 1 aromatic heterocycles. The fourth-order valence-electron chi connectivity index (χ4n) is 5.03. The lowest BCUT2D eigenvalue weighted by Gasteiger charge is -2.40. The SMILES string of the molecule is CC(C)(C)OC(=O)N(S)CCCCCc1ncc(-c2ccc3c(c2)C2(COC2)c2cc(Br)ccc2-3)[nH]1. The molecule has 1 N–H and O–H groups in total. The Bertz CT molecular complexity index is 1280. The number of H-pyrrole nitrogens is 1. The van der Waals surface area contributed by atoms with Gasteiger partial charge in [0, 0.05) is 17.4 Å². The lowest BCUT2D eigenvalue weighted by Crippen LogP contribution is -2.46. The fraction of sp³-hybridized carbons (Fsp3) is 0.429. The smallest absolute Gasteiger partial charge is 0.420 e. The Morgan fingerprint density at radius 1 is 1.14 bits per heavy atom. The monoisotopic (exact) mass is 569 g/mol. The third-order valence-electron chi connectivity index (χ3n) is 6.85. The van der Waals surface area contributed by atoms with E-state index in [2.05, 4.69) is 75.1 Å². The molecule has 8 heteroatoms. The number of rotatable bonds is 7. The topological polar surface area (TPSA) is 67.4 Å². The highest BCUT2D eigenvalue weighted by Crippen LogP contribution is 2.53. The summed E-state index contributed by atoms with van der Waals surface area (Å²) in [5.41, 5.74) is 6.92. The zero-order chi connectivity index (χ0) is 25.5. The summed E-state index contributed by atoms with van der Waals surface area (Å²) in [7, 11) is 0. The number of ether oxygens (including phenoxy) is 2. The lowest BCUT2D eigenvalue weighted by molar-refractivity contribution is -0.0358. The highest BCUT2D eigenvalue weighted by atomic mass is 79.9. The summed E-state index contributed by atoms with van der Waals surface area (Å²) in [4.78, 5) is 20.1. The van der Waals surface area contributed by atoms with Crippen molar-refractivity contribution in [2.24, 2.45) is 0 Å². The molecule has 0 saturated carbocycles. The number of nitrogens with zero attached hydrogens (tertiary/aromatic N) is 2. The largest absolute Gasteiger partial charge is 0.443 e. The number of aryl methyl sites for hydroxylation is 1. The van der Waals surface area contributed by atoms with Crippen molar-refractivity contribution in [1.82, 2.24) is 14.3 Å². The number of fused-ring (bicyclic) bond motifs is 5. The van der Waals surface area contributed by atoms with Gasteiger partial charge in [-0.2, -0.15) is 0 Å². The maximum absolute atomic E-state index is 12.0. The standard InChI is InChI=1S/C28H32BrN3O3S/c1-27(2,3)35-26(33)32(36)12-6-4-5-7-25-30-15-24(31-25)18-8-10-20-21-11-9-19(29)14-23(21)28(16-34-17-28)22(20)13-18/h8-11,13-15,36H,4-7,12,16-17H2,1-3H3,(H,30,31). The van der Waals surface area contributed by atoms with Crippen LogP contribution in [0.3, 0.4) is 0 Å². The number of imidazole rings is 1. The van der Waals surface area contributed by atoms with E-state index in [-0.39, 0.29) is 5.41 Å². The summed E-state index contributed by atoms with van der Waals surface area (Å²) in [6.45, 7) is 7.55. The molecule has 0 atom stereocenters. The molecule has 6 nitrogen and oxygen atoms in total. The molecule has 2 aromatic carbocycles. The van der Waals surface area contributed by atoms with Gasteiger partial charge in [0.2, 0.25) is 0 Å². The predicted molar refractivity (Wildman–Crippen MR) is 148 cm³/mol. The average Bonchev–Trinajstić information content (AvgIpc) is 3.37. The molecule has 36 heavy (non-hydrogen) atoms. The number of aromatic amines is 1. The van der Waals surface area contributed by atoms with Gasteiger partial charge in [0.05, 0.1) is 30.5 Å². The van der Waals surface area contributed by atoms with Crippen LogP contribution in [0, 0.1) is 0 Å². The zero-order valence-electron chi connectivity index (χ0n) is 20.9. The average molecular weight is 571 g/mol. The molecular formula is C28H32BrN3O3S. The minimum atomic E-state index is -0.513. The molecule has 0 radical (unpaired) electrons. The lowest BCUT2D eigenvalue weighted by atomic mass is 9.76. The summed E-state index contributed by atoms with van der Waals surface area (Å²) in [5, 5.41) is 0. The molecule has 1 aliphatic heterocycles. The summed E-state index contributed by atoms with van der Waals surface area (Å²) in [6.07, 6.45) is 5.21. The highest BCUT2D eigenvalue weighted by molar-refractivity contribution is 9.10. The van der Waals surface area contributed by atoms with E-state index in [9.17, 15) is 4.79 Å². The van der Waals surface area contributed by atoms with Crippen LogP contribution in [0.4, 0.5) is 4.79 Å². The third kappa shape index (κ3) is 4.95. The van der Waals surface area contributed by atoms with Crippen molar-refractivity contribution in [3.05, 3.63) is 64.0 Å². The second-order valence-electron chi connectivity index (χ2n) is 10.7. The molecule has 1 spiro atoms. The van der Waals surface area contributed by atoms with Gasteiger partial charge in [-0.3, -0.25) is 4.31 Å². The van der Waals surface area contributed by atoms with Crippen LogP contribution in [-0.2, 0) is 21.3 Å². The number of benzene rings is 2. The van der Waals surface area contributed by atoms with E-state index < -0.39 is 11.7 Å². The van der Waals surface area contributed by atoms with E-state index >= 15 is 0 Å². The molecule has 5 rings (SSSR count). The van der Waals surface area contributed by atoms with Crippen LogP contribution in [0.25, 0.3) is 22.4 Å². The van der Waals surface area contributed by atoms with Gasteiger partial charge in [-0.25, -0.2) is 9.78 Å². The number of hydrogen-bond acceptors (Lipinski definition) is 5. The molecule has 0 bridgehead atoms. The quantitative estimate of drug-likeness (QED) is 0.239. The van der Waals surface area contributed by atoms with E-state index in [0.29, 0.717) is 6.54 Å². The van der Waals surface area contributed by atoms with Crippen LogP contribution < -0.4 is 0 Å². The Kier molecular flexibility index (Phi) is 6.96. The molecule has 1 fully saturated rings. The molecule has 2 aliphatic rings. The molecular weight excluding hydrogens is 538 g/mol. The zero-order valence-corrected chi connectivity index (χ0v) is 23.4. The van der Waals surface area contributed by atoms with Crippen LogP contribution in [-0.4, -0.2) is 45.7 Å². The highest BCUT2D eigenvalue weighted by Gasteiger charge is 2.49. The maximum atomic E-state index is 12.0. The number of amides is 1. The van der Waals surface area contributed by atoms with E-state index in [1.807, 2.05) is 27.0 Å². The van der Waals surface area contributed by atoms with Crippen molar-refractivity contribution in [2.75, 3.05) is 19.8 Å². The number of carbonyl (C=O) groups is 1. The Balaban J connectivity index is 1.19. The van der Waals surface area contributed by atoms with Crippen molar-refractivity contribution < 1.29 is 14.3 Å². The molecule has 190 valence electrons. The van der Waals surface area contributed by atoms with Gasteiger partial charge in [0.15, 0.2) is 0 Å². The molecule has 1 aliphatic carbocycles. The molecule has 1 amide bonds. The van der Waals surface area contributed by atoms with Crippen LogP contribution in [0.5, 0.6) is 0 Å². The first-order valence-electron chi connectivity index (χ1n) is 12.4. The molecule has 3 aromatic rings. The summed E-state index contributed by atoms with van der Waals surface area (Å²) in [5.74, 6) is 0.981. The predicted octanol–water partition coefficient (Wildman–Crippen LogP) is 6.93. The number of halogens is 1. The van der Waals surface area contributed by atoms with E-state index in [4.69, 9.17) is 9.47 Å². The van der Waals surface area contributed by atoms with Crippen LogP contribution in [0.1, 0.15) is 57.0 Å². The second kappa shape index (κ2) is 9.88. The third-order valence-corrected chi connectivity index (χ3v) is 7.70. The molecule has 1 saturated heterocycles. The van der Waals surface area contributed by atoms with Crippen LogP contribution in [0.15, 0.2) is 47.1 Å². The summed E-state index contributed by atoms with van der Waals surface area (Å²) >= 11 is 7.90. The number of hydrogen-bond donors (Lipinski definition) is 2. The Hall–Kier alpha value is -2.29. The first-order valence-corrected chi connectivity index (χ1v) is 13.6. The number of aromatic nitrogens is 2. The minimum Gasteiger partial charge on any atom is -0.443 e. The Morgan fingerprint density at radius 2 is 1.86 bits per heavy atom. The number of nitrogens with one attached hydrogen (secondary N) is 1. The summed E-state index contributed by atoms with van der Waals surface area (Å²) < 4.78 is 13.5. The molecule has 2 heterocycles. The number of unbranched alkanes of at least 4 members (excludes halogenated alkanes) is 2. The Morgan fingerprint density at radius 3 is 2.56 bits per heavy atom. The number of carbonyl (C=O) groups excluding carboxylic acids is 1. The first kappa shape index (κ1) is 25.4. The maximum Gasteiger partial charge on any atom is 0.420 e. The Labute approximate surface area is 226 Å². The fourth-order valence-corrected chi connectivity index (χ4v) is 5.57. The van der Waals surface area contributed by atoms with Crippen LogP contribution >= 0.6 is 28.7 Å². The van der Waals surface area contributed by atoms with E-state index in [0.717, 1.165) is 60.5 Å². The van der Waals surface area contributed by atoms with Gasteiger partial charge < -0.3 is 14.5 Å². The van der Waals surface area contributed by atoms with Crippen molar-refractivity contribution in [3.63, 3.8) is 0 Å². The van der Waals surface area contributed by atoms with Gasteiger partial charge in [0.25, 0.3) is 0 Å². The molecule has 0 unspecified atom stereocenters. The van der Waals surface area contributed by atoms with Gasteiger partial charge in [-0.05, 0) is 79.6 Å². The second-order valence-corrected chi connectivity index (χ2v) is 12.1. The van der Waals surface area contributed by atoms with Crippen molar-refractivity contribution >= 4 is 34.8 Å². The van der Waals surface area contributed by atoms with Gasteiger partial charge in [-0.15, -0.1) is 0 Å². The van der Waals surface area contributed by atoms with E-state index in [1.165, 1.54) is 26.6 Å². The summed E-state index contributed by atoms with van der Waals surface area (Å²) in [6, 6.07) is 13.3. The van der Waals surface area contributed by atoms with Crippen molar-refractivity contribution in [1.29, 1.82) is 0 Å². The van der Waals surface area contributed by atoms with Crippen LogP contribution in [0.2, 0.25) is 0 Å². The first-order chi connectivity index (χ1) is 17.2. The minimum absolute atomic E-state index is 0.0481. The normalized spacial score (nSPS) is 15.4. The van der Waals surface area contributed by atoms with E-state index in [1.54, 1.807) is 0 Å². The van der Waals surface area contributed by atoms with Gasteiger partial charge in [-0.1, -0.05) is 53.4 Å². The number of thiol groups is 1. The van der Waals surface area contributed by atoms with Gasteiger partial charge >= 0.3 is 6.09 Å². The van der Waals surface area contributed by atoms with Gasteiger partial charge in [0.1, 0.15) is 11.4 Å².